The Labute approximate surface area is 147 Å². The molecule has 0 atom stereocenters. The Kier molecular flexibility index (Phi) is 4.77. The molecule has 6 nitrogen and oxygen atoms in total. The second kappa shape index (κ2) is 6.84. The van der Waals surface area contributed by atoms with E-state index in [9.17, 15) is 8.42 Å². The molecule has 0 fully saturated rings. The van der Waals surface area contributed by atoms with E-state index in [0.717, 1.165) is 36.2 Å². The fourth-order valence-electron chi connectivity index (χ4n) is 3.08. The van der Waals surface area contributed by atoms with Crippen molar-refractivity contribution in [1.29, 1.82) is 5.26 Å². The van der Waals surface area contributed by atoms with Crippen LogP contribution in [-0.2, 0) is 29.5 Å². The number of hydrogen-bond acceptors (Lipinski definition) is 5. The first kappa shape index (κ1) is 17.4. The maximum Gasteiger partial charge on any atom is 0.241 e. The van der Waals surface area contributed by atoms with Crippen molar-refractivity contribution in [3.63, 3.8) is 0 Å². The molecule has 0 radical (unpaired) electrons. The maximum atomic E-state index is 11.7. The largest absolute Gasteiger partial charge is 0.495 e. The molecule has 0 unspecified atom stereocenters. The van der Waals surface area contributed by atoms with Gasteiger partial charge in [-0.3, -0.25) is 4.90 Å². The minimum absolute atomic E-state index is 0.0364. The molecule has 0 spiro atoms. The predicted octanol–water partition coefficient (Wildman–Crippen LogP) is 1.77. The third-order valence-corrected chi connectivity index (χ3v) is 5.31. The molecule has 0 aromatic heterocycles. The van der Waals surface area contributed by atoms with Crippen LogP contribution in [0, 0.1) is 11.3 Å². The van der Waals surface area contributed by atoms with Crippen LogP contribution in [0.25, 0.3) is 0 Å². The van der Waals surface area contributed by atoms with E-state index in [2.05, 4.69) is 11.0 Å². The third-order valence-electron chi connectivity index (χ3n) is 4.37. The highest BCUT2D eigenvalue weighted by Crippen LogP contribution is 2.30. The van der Waals surface area contributed by atoms with Crippen LogP contribution < -0.4 is 9.88 Å². The number of methoxy groups -OCH3 is 1. The maximum absolute atomic E-state index is 11.7. The van der Waals surface area contributed by atoms with Crippen molar-refractivity contribution in [3.8, 4) is 11.8 Å². The van der Waals surface area contributed by atoms with Gasteiger partial charge >= 0.3 is 0 Å². The zero-order valence-corrected chi connectivity index (χ0v) is 14.7. The van der Waals surface area contributed by atoms with Crippen LogP contribution in [0.2, 0.25) is 0 Å². The monoisotopic (exact) mass is 357 g/mol. The van der Waals surface area contributed by atoms with E-state index >= 15 is 0 Å². The Bertz CT molecular complexity index is 931. The Morgan fingerprint density at radius 2 is 1.96 bits per heavy atom. The highest BCUT2D eigenvalue weighted by atomic mass is 32.2. The summed E-state index contributed by atoms with van der Waals surface area (Å²) < 4.78 is 28.6. The van der Waals surface area contributed by atoms with Crippen LogP contribution in [0.15, 0.2) is 41.3 Å². The molecule has 1 heterocycles. The van der Waals surface area contributed by atoms with Crippen LogP contribution in [0.3, 0.4) is 0 Å². The molecule has 2 aromatic rings. The third kappa shape index (κ3) is 3.82. The van der Waals surface area contributed by atoms with Crippen molar-refractivity contribution in [3.05, 3.63) is 58.7 Å². The van der Waals surface area contributed by atoms with Gasteiger partial charge in [0.2, 0.25) is 10.0 Å². The number of benzene rings is 2. The van der Waals surface area contributed by atoms with Crippen molar-refractivity contribution in [2.45, 2.75) is 24.4 Å². The molecule has 1 aliphatic heterocycles. The van der Waals surface area contributed by atoms with Gasteiger partial charge in [-0.25, -0.2) is 13.6 Å². The van der Waals surface area contributed by atoms with Gasteiger partial charge in [0, 0.05) is 19.6 Å². The average Bonchev–Trinajstić information content (AvgIpc) is 2.60. The molecule has 0 saturated heterocycles. The van der Waals surface area contributed by atoms with Crippen LogP contribution >= 0.6 is 0 Å². The quantitative estimate of drug-likeness (QED) is 0.899. The van der Waals surface area contributed by atoms with Crippen molar-refractivity contribution in [2.75, 3.05) is 13.7 Å². The molecule has 2 N–H and O–H groups in total. The molecule has 25 heavy (non-hydrogen) atoms. The van der Waals surface area contributed by atoms with Crippen molar-refractivity contribution >= 4 is 10.0 Å². The number of fused-ring (bicyclic) bond motifs is 1. The Balaban J connectivity index is 1.82. The van der Waals surface area contributed by atoms with Gasteiger partial charge in [-0.05, 0) is 47.4 Å². The van der Waals surface area contributed by atoms with E-state index in [0.29, 0.717) is 12.1 Å². The summed E-state index contributed by atoms with van der Waals surface area (Å²) in [5.74, 6) is 0.279. The Morgan fingerprint density at radius 3 is 2.56 bits per heavy atom. The summed E-state index contributed by atoms with van der Waals surface area (Å²) in [6.07, 6.45) is 0.748. The van der Waals surface area contributed by atoms with E-state index in [1.807, 2.05) is 24.3 Å². The molecule has 0 saturated carbocycles. The van der Waals surface area contributed by atoms with E-state index in [1.54, 1.807) is 12.1 Å². The minimum atomic E-state index is -3.81. The van der Waals surface area contributed by atoms with Gasteiger partial charge in [-0.2, -0.15) is 5.26 Å². The Morgan fingerprint density at radius 1 is 1.24 bits per heavy atom. The minimum Gasteiger partial charge on any atom is -0.495 e. The first-order chi connectivity index (χ1) is 11.9. The number of rotatable bonds is 4. The molecule has 0 aliphatic carbocycles. The van der Waals surface area contributed by atoms with Crippen LogP contribution in [0.1, 0.15) is 22.3 Å². The van der Waals surface area contributed by atoms with Gasteiger partial charge < -0.3 is 4.74 Å². The van der Waals surface area contributed by atoms with E-state index < -0.39 is 10.0 Å². The summed E-state index contributed by atoms with van der Waals surface area (Å²) in [7, 11) is -2.37. The lowest BCUT2D eigenvalue weighted by Crippen LogP contribution is -2.30. The fourth-order valence-corrected chi connectivity index (χ4v) is 3.81. The summed E-state index contributed by atoms with van der Waals surface area (Å²) >= 11 is 0. The normalized spacial score (nSPS) is 14.6. The second-order valence-electron chi connectivity index (χ2n) is 6.09. The Hall–Kier alpha value is -2.40. The number of sulfonamides is 1. The lowest BCUT2D eigenvalue weighted by Gasteiger charge is -2.29. The standard InChI is InChI=1S/C18H19N3O3S/c1-24-17-8-16-12-21(11-14-4-2-13(10-19)3-5-14)7-6-15(16)9-18(17)25(20,22)23/h2-5,8-9H,6-7,11-12H2,1H3,(H2,20,22,23). The molecule has 0 bridgehead atoms. The summed E-state index contributed by atoms with van der Waals surface area (Å²) in [6.45, 7) is 2.30. The van der Waals surface area contributed by atoms with Gasteiger partial charge in [0.05, 0.1) is 18.7 Å². The molecular weight excluding hydrogens is 338 g/mol. The summed E-state index contributed by atoms with van der Waals surface area (Å²) in [5.41, 5.74) is 3.81. The number of nitriles is 1. The summed E-state index contributed by atoms with van der Waals surface area (Å²) in [6, 6.07) is 13.0. The second-order valence-corrected chi connectivity index (χ2v) is 7.62. The number of nitrogens with zero attached hydrogens (tertiary/aromatic N) is 2. The van der Waals surface area contributed by atoms with E-state index in [4.69, 9.17) is 15.1 Å². The van der Waals surface area contributed by atoms with Crippen LogP contribution in [-0.4, -0.2) is 27.0 Å². The average molecular weight is 357 g/mol. The molecule has 1 aliphatic rings. The lowest BCUT2D eigenvalue weighted by atomic mass is 9.99. The van der Waals surface area contributed by atoms with Gasteiger partial charge in [-0.15, -0.1) is 0 Å². The first-order valence-corrected chi connectivity index (χ1v) is 9.39. The summed E-state index contributed by atoms with van der Waals surface area (Å²) in [5, 5.41) is 14.1. The molecule has 7 heteroatoms. The fraction of sp³-hybridized carbons (Fsp3) is 0.278. The van der Waals surface area contributed by atoms with Gasteiger partial charge in [0.25, 0.3) is 0 Å². The van der Waals surface area contributed by atoms with Crippen molar-refractivity contribution in [1.82, 2.24) is 4.90 Å². The molecule has 3 rings (SSSR count). The van der Waals surface area contributed by atoms with Gasteiger partial charge in [0.1, 0.15) is 10.6 Å². The predicted molar refractivity (Wildman–Crippen MR) is 93.3 cm³/mol. The van der Waals surface area contributed by atoms with Crippen LogP contribution in [0.4, 0.5) is 0 Å². The van der Waals surface area contributed by atoms with Gasteiger partial charge in [0.15, 0.2) is 0 Å². The first-order valence-electron chi connectivity index (χ1n) is 7.84. The van der Waals surface area contributed by atoms with Crippen LogP contribution in [0.5, 0.6) is 5.75 Å². The zero-order chi connectivity index (χ0) is 18.0. The molecule has 130 valence electrons. The molecule has 2 aromatic carbocycles. The highest BCUT2D eigenvalue weighted by molar-refractivity contribution is 7.89. The molecular formula is C18H19N3O3S. The highest BCUT2D eigenvalue weighted by Gasteiger charge is 2.23. The lowest BCUT2D eigenvalue weighted by molar-refractivity contribution is 0.244. The van der Waals surface area contributed by atoms with Crippen molar-refractivity contribution in [2.24, 2.45) is 5.14 Å². The SMILES string of the molecule is COc1cc2c(cc1S(N)(=O)=O)CCN(Cc1ccc(C#N)cc1)C2. The smallest absolute Gasteiger partial charge is 0.241 e. The topological polar surface area (TPSA) is 96.4 Å². The van der Waals surface area contributed by atoms with Gasteiger partial charge in [-0.1, -0.05) is 12.1 Å². The summed E-state index contributed by atoms with van der Waals surface area (Å²) in [4.78, 5) is 2.31. The number of nitrogens with two attached hydrogens (primary N) is 1. The molecule has 0 amide bonds. The number of hydrogen-bond donors (Lipinski definition) is 1. The number of ether oxygens (including phenoxy) is 1. The van der Waals surface area contributed by atoms with E-state index in [1.165, 1.54) is 7.11 Å². The van der Waals surface area contributed by atoms with E-state index in [-0.39, 0.29) is 10.6 Å². The van der Waals surface area contributed by atoms with Crippen molar-refractivity contribution < 1.29 is 13.2 Å². The zero-order valence-electron chi connectivity index (χ0n) is 13.9. The number of primary sulfonamides is 1.